The molecule has 2 aromatic carbocycles. The van der Waals surface area contributed by atoms with Gasteiger partial charge in [-0.05, 0) is 12.1 Å². The number of nitrogens with zero attached hydrogens (tertiary/aromatic N) is 2. The molecule has 27 heavy (non-hydrogen) atoms. The Morgan fingerprint density at radius 2 is 1.70 bits per heavy atom. The molecule has 2 N–H and O–H groups in total. The number of nitrogens with two attached hydrogens (primary N) is 1. The molecule has 0 aromatic heterocycles. The molecule has 1 aliphatic rings. The summed E-state index contributed by atoms with van der Waals surface area (Å²) in [6, 6.07) is 15.8. The first-order chi connectivity index (χ1) is 13.1. The Labute approximate surface area is 159 Å². The summed E-state index contributed by atoms with van der Waals surface area (Å²) in [5.41, 5.74) is 7.52. The fourth-order valence-electron chi connectivity index (χ4n) is 3.42. The third kappa shape index (κ3) is 4.64. The quantitative estimate of drug-likeness (QED) is 0.599. The predicted molar refractivity (Wildman–Crippen MR) is 105 cm³/mol. The summed E-state index contributed by atoms with van der Waals surface area (Å²) in [6.07, 6.45) is -1.23. The van der Waals surface area contributed by atoms with Gasteiger partial charge < -0.3 is 15.4 Å². The Morgan fingerprint density at radius 3 is 2.37 bits per heavy atom. The standard InChI is InChI=1S/C21H26FN3O2/c1-27-19-10-6-5-9-18(19)24-11-13-25(14-12-24)20(22)15-17(23)21(26)16-7-3-2-4-8-16/h2-10,17,20H,11-15,23H2,1H3. The number of rotatable bonds is 7. The highest BCUT2D eigenvalue weighted by Crippen LogP contribution is 2.28. The van der Waals surface area contributed by atoms with E-state index in [-0.39, 0.29) is 12.2 Å². The van der Waals surface area contributed by atoms with Gasteiger partial charge in [0.15, 0.2) is 12.1 Å². The first kappa shape index (κ1) is 19.3. The topological polar surface area (TPSA) is 58.8 Å². The van der Waals surface area contributed by atoms with E-state index in [4.69, 9.17) is 10.5 Å². The van der Waals surface area contributed by atoms with Crippen molar-refractivity contribution in [2.24, 2.45) is 5.73 Å². The summed E-state index contributed by atoms with van der Waals surface area (Å²) >= 11 is 0. The third-order valence-corrected chi connectivity index (χ3v) is 4.98. The van der Waals surface area contributed by atoms with Gasteiger partial charge in [-0.2, -0.15) is 0 Å². The van der Waals surface area contributed by atoms with Crippen LogP contribution in [0.2, 0.25) is 0 Å². The lowest BCUT2D eigenvalue weighted by Gasteiger charge is -2.38. The van der Waals surface area contributed by atoms with Crippen LogP contribution in [0.4, 0.5) is 10.1 Å². The fourth-order valence-corrected chi connectivity index (χ4v) is 3.42. The van der Waals surface area contributed by atoms with Crippen LogP contribution in [0.25, 0.3) is 0 Å². The zero-order valence-corrected chi connectivity index (χ0v) is 15.6. The number of para-hydroxylation sites is 2. The smallest absolute Gasteiger partial charge is 0.179 e. The summed E-state index contributed by atoms with van der Waals surface area (Å²) in [7, 11) is 1.65. The molecular formula is C21H26FN3O2. The highest BCUT2D eigenvalue weighted by Gasteiger charge is 2.28. The molecule has 144 valence electrons. The Hall–Kier alpha value is -2.44. The van der Waals surface area contributed by atoms with Gasteiger partial charge in [-0.1, -0.05) is 42.5 Å². The van der Waals surface area contributed by atoms with E-state index in [1.807, 2.05) is 30.3 Å². The fraction of sp³-hybridized carbons (Fsp3) is 0.381. The van der Waals surface area contributed by atoms with Gasteiger partial charge in [-0.15, -0.1) is 0 Å². The summed E-state index contributed by atoms with van der Waals surface area (Å²) in [5.74, 6) is 0.601. The summed E-state index contributed by atoms with van der Waals surface area (Å²) in [6.45, 7) is 2.54. The minimum atomic E-state index is -1.23. The van der Waals surface area contributed by atoms with Crippen LogP contribution in [0.3, 0.4) is 0 Å². The molecule has 2 unspecified atom stereocenters. The summed E-state index contributed by atoms with van der Waals surface area (Å²) in [4.78, 5) is 16.3. The number of carbonyl (C=O) groups is 1. The number of carbonyl (C=O) groups excluding carboxylic acids is 1. The van der Waals surface area contributed by atoms with Crippen molar-refractivity contribution in [3.05, 3.63) is 60.2 Å². The van der Waals surface area contributed by atoms with E-state index in [0.717, 1.165) is 11.4 Å². The molecule has 0 amide bonds. The van der Waals surface area contributed by atoms with Crippen LogP contribution in [-0.4, -0.2) is 56.3 Å². The second kappa shape index (κ2) is 8.97. The second-order valence-corrected chi connectivity index (χ2v) is 6.70. The van der Waals surface area contributed by atoms with Gasteiger partial charge in [0.1, 0.15) is 5.75 Å². The lowest BCUT2D eigenvalue weighted by molar-refractivity contribution is 0.0591. The Bertz CT molecular complexity index is 748. The minimum absolute atomic E-state index is 0.00237. The third-order valence-electron chi connectivity index (χ3n) is 4.98. The number of anilines is 1. The summed E-state index contributed by atoms with van der Waals surface area (Å²) in [5, 5.41) is 0. The van der Waals surface area contributed by atoms with Crippen molar-refractivity contribution in [2.45, 2.75) is 18.8 Å². The SMILES string of the molecule is COc1ccccc1N1CCN(C(F)CC(N)C(=O)c2ccccc2)CC1. The van der Waals surface area contributed by atoms with E-state index in [1.165, 1.54) is 0 Å². The molecule has 0 aliphatic carbocycles. The van der Waals surface area contributed by atoms with Crippen LogP contribution in [0, 0.1) is 0 Å². The minimum Gasteiger partial charge on any atom is -0.495 e. The van der Waals surface area contributed by atoms with Crippen LogP contribution in [-0.2, 0) is 0 Å². The van der Waals surface area contributed by atoms with Crippen LogP contribution in [0.1, 0.15) is 16.8 Å². The van der Waals surface area contributed by atoms with Gasteiger partial charge in [-0.25, -0.2) is 4.39 Å². The maximum Gasteiger partial charge on any atom is 0.179 e. The van der Waals surface area contributed by atoms with Gasteiger partial charge in [0.05, 0.1) is 18.8 Å². The molecule has 0 spiro atoms. The molecule has 0 radical (unpaired) electrons. The number of hydrogen-bond donors (Lipinski definition) is 1. The zero-order valence-electron chi connectivity index (χ0n) is 15.6. The average Bonchev–Trinajstić information content (AvgIpc) is 2.73. The number of Topliss-reactive ketones (excluding diaryl/α,β-unsaturated/α-hetero) is 1. The molecule has 1 heterocycles. The van der Waals surface area contributed by atoms with E-state index in [1.54, 1.807) is 36.3 Å². The lowest BCUT2D eigenvalue weighted by Crippen LogP contribution is -2.51. The van der Waals surface area contributed by atoms with Crippen molar-refractivity contribution in [2.75, 3.05) is 38.2 Å². The largest absolute Gasteiger partial charge is 0.495 e. The van der Waals surface area contributed by atoms with Crippen molar-refractivity contribution in [1.82, 2.24) is 4.90 Å². The normalized spacial score (nSPS) is 17.4. The number of ketones is 1. The number of hydrogen-bond acceptors (Lipinski definition) is 5. The van der Waals surface area contributed by atoms with Crippen LogP contribution in [0.15, 0.2) is 54.6 Å². The number of alkyl halides is 1. The first-order valence-electron chi connectivity index (χ1n) is 9.21. The number of halogens is 1. The van der Waals surface area contributed by atoms with Gasteiger partial charge in [-0.3, -0.25) is 9.69 Å². The van der Waals surface area contributed by atoms with E-state index in [0.29, 0.717) is 31.7 Å². The zero-order chi connectivity index (χ0) is 19.2. The van der Waals surface area contributed by atoms with Gasteiger partial charge in [0.25, 0.3) is 0 Å². The van der Waals surface area contributed by atoms with Gasteiger partial charge >= 0.3 is 0 Å². The Kier molecular flexibility index (Phi) is 6.42. The van der Waals surface area contributed by atoms with Crippen molar-refractivity contribution in [3.63, 3.8) is 0 Å². The molecule has 6 heteroatoms. The molecule has 2 atom stereocenters. The molecular weight excluding hydrogens is 345 g/mol. The second-order valence-electron chi connectivity index (χ2n) is 6.70. The van der Waals surface area contributed by atoms with Crippen molar-refractivity contribution < 1.29 is 13.9 Å². The maximum atomic E-state index is 14.7. The molecule has 0 bridgehead atoms. The number of benzene rings is 2. The molecule has 1 saturated heterocycles. The predicted octanol–water partition coefficient (Wildman–Crippen LogP) is 2.71. The van der Waals surface area contributed by atoms with E-state index in [2.05, 4.69) is 4.90 Å². The van der Waals surface area contributed by atoms with Crippen LogP contribution in [0.5, 0.6) is 5.75 Å². The van der Waals surface area contributed by atoms with Crippen LogP contribution < -0.4 is 15.4 Å². The summed E-state index contributed by atoms with van der Waals surface area (Å²) < 4.78 is 20.2. The maximum absolute atomic E-state index is 14.7. The van der Waals surface area contributed by atoms with Crippen molar-refractivity contribution >= 4 is 11.5 Å². The van der Waals surface area contributed by atoms with Crippen molar-refractivity contribution in [3.8, 4) is 5.75 Å². The molecule has 3 rings (SSSR count). The lowest BCUT2D eigenvalue weighted by atomic mass is 10.0. The van der Waals surface area contributed by atoms with E-state index in [9.17, 15) is 9.18 Å². The molecule has 1 fully saturated rings. The average molecular weight is 371 g/mol. The number of methoxy groups -OCH3 is 1. The monoisotopic (exact) mass is 371 g/mol. The molecule has 0 saturated carbocycles. The number of ether oxygens (including phenoxy) is 1. The Morgan fingerprint density at radius 1 is 1.07 bits per heavy atom. The first-order valence-corrected chi connectivity index (χ1v) is 9.21. The molecule has 5 nitrogen and oxygen atoms in total. The van der Waals surface area contributed by atoms with Crippen LogP contribution >= 0.6 is 0 Å². The van der Waals surface area contributed by atoms with Gasteiger partial charge in [0.2, 0.25) is 0 Å². The van der Waals surface area contributed by atoms with E-state index < -0.39 is 12.3 Å². The van der Waals surface area contributed by atoms with E-state index >= 15 is 0 Å². The molecule has 2 aromatic rings. The van der Waals surface area contributed by atoms with Crippen molar-refractivity contribution in [1.29, 1.82) is 0 Å². The highest BCUT2D eigenvalue weighted by atomic mass is 19.1. The highest BCUT2D eigenvalue weighted by molar-refractivity contribution is 5.99. The van der Waals surface area contributed by atoms with Gasteiger partial charge in [0, 0.05) is 38.2 Å². The number of piperazine rings is 1. The Balaban J connectivity index is 1.54. The molecule has 1 aliphatic heterocycles.